The summed E-state index contributed by atoms with van der Waals surface area (Å²) in [5, 5.41) is 8.42. The molecule has 0 atom stereocenters. The number of hydrogen-bond acceptors (Lipinski definition) is 3. The minimum Gasteiger partial charge on any atom is -0.306 e. The number of aromatic nitrogens is 3. The molecule has 32 heavy (non-hydrogen) atoms. The average molecular weight is 419 g/mol. The number of benzene rings is 3. The Balaban J connectivity index is 1.58. The lowest BCUT2D eigenvalue weighted by atomic mass is 10.0. The molecule has 0 fully saturated rings. The molecule has 5 aromatic rings. The average Bonchev–Trinajstić information content (AvgIpc) is 3.19. The lowest BCUT2D eigenvalue weighted by Crippen LogP contribution is -2.16. The summed E-state index contributed by atoms with van der Waals surface area (Å²) < 4.78 is 1.75. The van der Waals surface area contributed by atoms with E-state index in [0.717, 1.165) is 33.5 Å². The summed E-state index contributed by atoms with van der Waals surface area (Å²) in [5.74, 6) is 0.422. The monoisotopic (exact) mass is 418 g/mol. The van der Waals surface area contributed by atoms with E-state index in [1.165, 1.54) is 5.56 Å². The third-order valence-corrected chi connectivity index (χ3v) is 5.38. The van der Waals surface area contributed by atoms with Crippen LogP contribution in [0.25, 0.3) is 27.8 Å². The van der Waals surface area contributed by atoms with E-state index in [0.29, 0.717) is 11.4 Å². The largest absolute Gasteiger partial charge is 0.306 e. The Morgan fingerprint density at radius 2 is 1.56 bits per heavy atom. The Hall–Kier alpha value is -4.25. The summed E-state index contributed by atoms with van der Waals surface area (Å²) in [4.78, 5) is 18.3. The van der Waals surface area contributed by atoms with Gasteiger partial charge in [0.1, 0.15) is 5.82 Å². The van der Waals surface area contributed by atoms with E-state index in [2.05, 4.69) is 10.4 Å². The predicted molar refractivity (Wildman–Crippen MR) is 128 cm³/mol. The van der Waals surface area contributed by atoms with Crippen molar-refractivity contribution >= 4 is 22.6 Å². The van der Waals surface area contributed by atoms with Crippen molar-refractivity contribution in [1.82, 2.24) is 14.8 Å². The van der Waals surface area contributed by atoms with Crippen molar-refractivity contribution in [2.75, 3.05) is 5.32 Å². The van der Waals surface area contributed by atoms with Gasteiger partial charge in [0.25, 0.3) is 5.91 Å². The molecule has 0 spiro atoms. The van der Waals surface area contributed by atoms with Gasteiger partial charge in [-0.1, -0.05) is 66.2 Å². The molecule has 0 saturated carbocycles. The zero-order valence-electron chi connectivity index (χ0n) is 17.9. The van der Waals surface area contributed by atoms with Crippen molar-refractivity contribution in [2.24, 2.45) is 0 Å². The highest BCUT2D eigenvalue weighted by molar-refractivity contribution is 6.13. The van der Waals surface area contributed by atoms with Crippen molar-refractivity contribution in [3.8, 4) is 16.9 Å². The second kappa shape index (κ2) is 8.12. The first-order valence-corrected chi connectivity index (χ1v) is 10.5. The van der Waals surface area contributed by atoms with E-state index in [-0.39, 0.29) is 5.91 Å². The van der Waals surface area contributed by atoms with Crippen LogP contribution < -0.4 is 5.32 Å². The molecule has 156 valence electrons. The molecule has 0 saturated heterocycles. The number of anilines is 1. The summed E-state index contributed by atoms with van der Waals surface area (Å²) in [6, 6.07) is 29.4. The summed E-state index contributed by atoms with van der Waals surface area (Å²) in [7, 11) is 0. The number of hydrogen-bond donors (Lipinski definition) is 1. The highest BCUT2D eigenvalue weighted by Crippen LogP contribution is 2.26. The number of para-hydroxylation sites is 2. The molecule has 0 aliphatic rings. The summed E-state index contributed by atoms with van der Waals surface area (Å²) in [6.07, 6.45) is 0. The van der Waals surface area contributed by atoms with E-state index in [1.54, 1.807) is 4.68 Å². The number of aryl methyl sites for hydroxylation is 2. The number of nitrogens with one attached hydrogen (secondary N) is 1. The quantitative estimate of drug-likeness (QED) is 0.392. The van der Waals surface area contributed by atoms with Crippen LogP contribution in [-0.4, -0.2) is 20.7 Å². The van der Waals surface area contributed by atoms with E-state index < -0.39 is 0 Å². The van der Waals surface area contributed by atoms with Crippen LogP contribution in [0.2, 0.25) is 0 Å². The lowest BCUT2D eigenvalue weighted by Gasteiger charge is -2.12. The van der Waals surface area contributed by atoms with Crippen molar-refractivity contribution in [3.63, 3.8) is 0 Å². The molecule has 2 heterocycles. The fraction of sp³-hybridized carbons (Fsp3) is 0.0741. The first-order chi connectivity index (χ1) is 15.6. The fourth-order valence-corrected chi connectivity index (χ4v) is 3.77. The number of carbonyl (C=O) groups is 1. The number of rotatable bonds is 4. The lowest BCUT2D eigenvalue weighted by molar-refractivity contribution is 0.102. The first kappa shape index (κ1) is 19.7. The Morgan fingerprint density at radius 1 is 0.844 bits per heavy atom. The molecule has 0 unspecified atom stereocenters. The van der Waals surface area contributed by atoms with Crippen LogP contribution in [0.15, 0.2) is 91.0 Å². The Morgan fingerprint density at radius 3 is 2.34 bits per heavy atom. The van der Waals surface area contributed by atoms with Gasteiger partial charge in [-0.3, -0.25) is 4.79 Å². The van der Waals surface area contributed by atoms with Crippen molar-refractivity contribution in [3.05, 3.63) is 108 Å². The van der Waals surface area contributed by atoms with Gasteiger partial charge < -0.3 is 5.32 Å². The zero-order chi connectivity index (χ0) is 22.1. The molecule has 1 N–H and O–H groups in total. The Labute approximate surface area is 186 Å². The molecule has 0 aliphatic heterocycles. The molecule has 2 aromatic heterocycles. The minimum atomic E-state index is -0.200. The Kier molecular flexibility index (Phi) is 5.00. The molecule has 0 radical (unpaired) electrons. The standard InChI is InChI=1S/C27H22N4O/c1-18-12-14-20(15-13-18)25-17-23(22-10-6-7-11-24(22)28-25)27(32)29-26-16-19(2)30-31(26)21-8-4-3-5-9-21/h3-17H,1-2H3,(H,29,32). The van der Waals surface area contributed by atoms with Crippen LogP contribution in [0.4, 0.5) is 5.82 Å². The molecule has 0 aliphatic carbocycles. The number of pyridine rings is 1. The predicted octanol–water partition coefficient (Wildman–Crippen LogP) is 5.96. The Bertz CT molecular complexity index is 1420. The second-order valence-corrected chi connectivity index (χ2v) is 7.81. The van der Waals surface area contributed by atoms with Crippen LogP contribution in [0.1, 0.15) is 21.6 Å². The topological polar surface area (TPSA) is 59.8 Å². The van der Waals surface area contributed by atoms with Gasteiger partial charge >= 0.3 is 0 Å². The molecular weight excluding hydrogens is 396 g/mol. The second-order valence-electron chi connectivity index (χ2n) is 7.81. The first-order valence-electron chi connectivity index (χ1n) is 10.5. The van der Waals surface area contributed by atoms with Gasteiger partial charge in [-0.2, -0.15) is 5.10 Å². The maximum atomic E-state index is 13.5. The molecule has 5 rings (SSSR count). The van der Waals surface area contributed by atoms with Gasteiger partial charge in [0.05, 0.1) is 28.2 Å². The number of amides is 1. The van der Waals surface area contributed by atoms with Crippen molar-refractivity contribution < 1.29 is 4.79 Å². The van der Waals surface area contributed by atoms with Crippen LogP contribution in [0.5, 0.6) is 0 Å². The van der Waals surface area contributed by atoms with Crippen LogP contribution >= 0.6 is 0 Å². The molecule has 5 heteroatoms. The van der Waals surface area contributed by atoms with Crippen LogP contribution in [-0.2, 0) is 0 Å². The van der Waals surface area contributed by atoms with Crippen molar-refractivity contribution in [1.29, 1.82) is 0 Å². The van der Waals surface area contributed by atoms with Gasteiger partial charge in [-0.25, -0.2) is 9.67 Å². The van der Waals surface area contributed by atoms with Gasteiger partial charge in [0.2, 0.25) is 0 Å². The third kappa shape index (κ3) is 3.76. The number of nitrogens with zero attached hydrogens (tertiary/aromatic N) is 3. The molecule has 5 nitrogen and oxygen atoms in total. The number of fused-ring (bicyclic) bond motifs is 1. The SMILES string of the molecule is Cc1ccc(-c2cc(C(=O)Nc3cc(C)nn3-c3ccccc3)c3ccccc3n2)cc1. The zero-order valence-corrected chi connectivity index (χ0v) is 17.9. The van der Waals surface area contributed by atoms with Crippen LogP contribution in [0.3, 0.4) is 0 Å². The summed E-state index contributed by atoms with van der Waals surface area (Å²) in [6.45, 7) is 3.96. The summed E-state index contributed by atoms with van der Waals surface area (Å²) >= 11 is 0. The van der Waals surface area contributed by atoms with Crippen molar-refractivity contribution in [2.45, 2.75) is 13.8 Å². The number of carbonyl (C=O) groups excluding carboxylic acids is 1. The van der Waals surface area contributed by atoms with E-state index in [9.17, 15) is 4.79 Å². The summed E-state index contributed by atoms with van der Waals surface area (Å²) in [5.41, 5.74) is 5.98. The third-order valence-electron chi connectivity index (χ3n) is 5.38. The van der Waals surface area contributed by atoms with E-state index in [1.807, 2.05) is 105 Å². The van der Waals surface area contributed by atoms with Gasteiger partial charge in [0, 0.05) is 17.0 Å². The van der Waals surface area contributed by atoms with Gasteiger partial charge in [-0.05, 0) is 38.1 Å². The van der Waals surface area contributed by atoms with Gasteiger partial charge in [0.15, 0.2) is 0 Å². The highest BCUT2D eigenvalue weighted by atomic mass is 16.1. The van der Waals surface area contributed by atoms with Crippen LogP contribution in [0, 0.1) is 13.8 Å². The smallest absolute Gasteiger partial charge is 0.257 e. The molecular formula is C27H22N4O. The van der Waals surface area contributed by atoms with Gasteiger partial charge in [-0.15, -0.1) is 0 Å². The maximum Gasteiger partial charge on any atom is 0.257 e. The minimum absolute atomic E-state index is 0.200. The molecule has 1 amide bonds. The van der Waals surface area contributed by atoms with E-state index in [4.69, 9.17) is 4.98 Å². The molecule has 0 bridgehead atoms. The maximum absolute atomic E-state index is 13.5. The fourth-order valence-electron chi connectivity index (χ4n) is 3.77. The van der Waals surface area contributed by atoms with E-state index >= 15 is 0 Å². The normalized spacial score (nSPS) is 10.9. The molecule has 3 aromatic carbocycles. The highest BCUT2D eigenvalue weighted by Gasteiger charge is 2.17.